The number of methoxy groups -OCH3 is 1. The summed E-state index contributed by atoms with van der Waals surface area (Å²) in [5, 5.41) is 3.33. The Morgan fingerprint density at radius 3 is 2.64 bits per heavy atom. The highest BCUT2D eigenvalue weighted by molar-refractivity contribution is 5.78. The minimum atomic E-state index is -0.121. The standard InChI is InChI=1S/C30H37N5O4/c1-37-11-10-34-21-31-14-25(34)16-33-17-28-29(18-33)38-20-23-5-3-7-27(13-23)39-26-6-2-4-22(12-26)15-35(24-8-9-24)19-30(36)32-28/h2-7,12-14,21,24,28-29H,8-11,15-20H2,1H3,(H,32,36)/t28-,29-/m0/s1. The Bertz CT molecular complexity index is 1280. The van der Waals surface area contributed by atoms with Crippen LogP contribution in [0.2, 0.25) is 0 Å². The summed E-state index contributed by atoms with van der Waals surface area (Å²) in [5.74, 6) is 1.64. The topological polar surface area (TPSA) is 81.1 Å². The van der Waals surface area contributed by atoms with Gasteiger partial charge in [0.25, 0.3) is 0 Å². The fraction of sp³-hybridized carbons (Fsp3) is 0.467. The van der Waals surface area contributed by atoms with Crippen molar-refractivity contribution >= 4 is 5.91 Å². The number of carbonyl (C=O) groups excluding carboxylic acids is 1. The number of carbonyl (C=O) groups is 1. The van der Waals surface area contributed by atoms with E-state index in [-0.39, 0.29) is 18.1 Å². The zero-order valence-corrected chi connectivity index (χ0v) is 22.5. The summed E-state index contributed by atoms with van der Waals surface area (Å²) in [7, 11) is 1.71. The van der Waals surface area contributed by atoms with Crippen LogP contribution in [-0.4, -0.2) is 76.8 Å². The van der Waals surface area contributed by atoms with E-state index in [0.717, 1.165) is 73.9 Å². The van der Waals surface area contributed by atoms with Crippen molar-refractivity contribution < 1.29 is 19.0 Å². The number of imidazole rings is 1. The Kier molecular flexibility index (Phi) is 7.92. The van der Waals surface area contributed by atoms with Gasteiger partial charge in [0.15, 0.2) is 0 Å². The number of aromatic nitrogens is 2. The van der Waals surface area contributed by atoms with Crippen LogP contribution in [-0.2, 0) is 40.5 Å². The predicted octanol–water partition coefficient (Wildman–Crippen LogP) is 3.19. The summed E-state index contributed by atoms with van der Waals surface area (Å²) in [6.07, 6.45) is 5.91. The molecule has 1 saturated carbocycles. The van der Waals surface area contributed by atoms with Crippen LogP contribution in [0.15, 0.2) is 61.1 Å². The summed E-state index contributed by atoms with van der Waals surface area (Å²) in [6, 6.07) is 16.6. The number of likely N-dealkylation sites (tertiary alicyclic amines) is 1. The average Bonchev–Trinajstić information content (AvgIpc) is 3.58. The average molecular weight is 532 g/mol. The third kappa shape index (κ3) is 6.67. The first-order valence-corrected chi connectivity index (χ1v) is 13.8. The molecule has 0 radical (unpaired) electrons. The summed E-state index contributed by atoms with van der Waals surface area (Å²) in [4.78, 5) is 22.3. The van der Waals surface area contributed by atoms with Crippen molar-refractivity contribution in [3.05, 3.63) is 77.9 Å². The number of nitrogens with one attached hydrogen (secondary N) is 1. The second kappa shape index (κ2) is 11.9. The summed E-state index contributed by atoms with van der Waals surface area (Å²) in [5.41, 5.74) is 3.31. The molecule has 9 heteroatoms. The molecule has 1 amide bonds. The third-order valence-corrected chi connectivity index (χ3v) is 7.70. The van der Waals surface area contributed by atoms with E-state index in [1.54, 1.807) is 7.11 Å². The van der Waals surface area contributed by atoms with Gasteiger partial charge in [-0.3, -0.25) is 14.6 Å². The van der Waals surface area contributed by atoms with Crippen LogP contribution in [0.3, 0.4) is 0 Å². The van der Waals surface area contributed by atoms with Gasteiger partial charge in [-0.05, 0) is 48.2 Å². The van der Waals surface area contributed by atoms with Gasteiger partial charge in [-0.15, -0.1) is 0 Å². The molecule has 2 atom stereocenters. The first-order valence-electron chi connectivity index (χ1n) is 13.8. The summed E-state index contributed by atoms with van der Waals surface area (Å²) < 4.78 is 20.1. The Morgan fingerprint density at radius 1 is 1.05 bits per heavy atom. The molecule has 3 aromatic rings. The molecule has 2 aromatic carbocycles. The SMILES string of the molecule is COCCn1cncc1CN1C[C@@H]2NC(=O)CN(C3CC3)Cc3cccc(c3)Oc3cccc(c3)CO[C@H]2C1. The number of nitrogens with zero attached hydrogens (tertiary/aromatic N) is 4. The van der Waals surface area contributed by atoms with Gasteiger partial charge in [0, 0.05) is 52.1 Å². The maximum Gasteiger partial charge on any atom is 0.234 e. The number of benzene rings is 2. The normalized spacial score (nSPS) is 22.7. The molecule has 3 heterocycles. The molecule has 39 heavy (non-hydrogen) atoms. The van der Waals surface area contributed by atoms with Gasteiger partial charge in [-0.25, -0.2) is 4.98 Å². The van der Waals surface area contributed by atoms with Gasteiger partial charge in [0.1, 0.15) is 11.5 Å². The second-order valence-electron chi connectivity index (χ2n) is 10.8. The molecule has 9 nitrogen and oxygen atoms in total. The number of amides is 1. The van der Waals surface area contributed by atoms with E-state index in [1.807, 2.05) is 42.9 Å². The smallest absolute Gasteiger partial charge is 0.234 e. The summed E-state index contributed by atoms with van der Waals surface area (Å²) in [6.45, 7) is 5.13. The molecule has 206 valence electrons. The number of hydrogen-bond donors (Lipinski definition) is 1. The highest BCUT2D eigenvalue weighted by Crippen LogP contribution is 2.30. The highest BCUT2D eigenvalue weighted by atomic mass is 16.5. The van der Waals surface area contributed by atoms with Crippen LogP contribution < -0.4 is 10.1 Å². The van der Waals surface area contributed by atoms with E-state index < -0.39 is 0 Å². The van der Waals surface area contributed by atoms with E-state index in [1.165, 1.54) is 0 Å². The van der Waals surface area contributed by atoms with Crippen molar-refractivity contribution in [1.82, 2.24) is 24.7 Å². The van der Waals surface area contributed by atoms with Crippen LogP contribution in [0.25, 0.3) is 0 Å². The van der Waals surface area contributed by atoms with Crippen LogP contribution in [0.1, 0.15) is 29.7 Å². The maximum absolute atomic E-state index is 13.3. The van der Waals surface area contributed by atoms with Gasteiger partial charge in [-0.2, -0.15) is 0 Å². The lowest BCUT2D eigenvalue weighted by Crippen LogP contribution is -2.48. The van der Waals surface area contributed by atoms with Crippen molar-refractivity contribution in [2.24, 2.45) is 0 Å². The second-order valence-corrected chi connectivity index (χ2v) is 10.8. The van der Waals surface area contributed by atoms with E-state index in [4.69, 9.17) is 14.2 Å². The van der Waals surface area contributed by atoms with Crippen molar-refractivity contribution in [2.45, 2.75) is 57.3 Å². The lowest BCUT2D eigenvalue weighted by atomic mass is 10.1. The largest absolute Gasteiger partial charge is 0.457 e. The molecule has 0 unspecified atom stereocenters. The third-order valence-electron chi connectivity index (χ3n) is 7.70. The minimum Gasteiger partial charge on any atom is -0.457 e. The monoisotopic (exact) mass is 531 g/mol. The lowest BCUT2D eigenvalue weighted by molar-refractivity contribution is -0.124. The molecule has 1 N–H and O–H groups in total. The Labute approximate surface area is 229 Å². The Hall–Kier alpha value is -3.24. The molecule has 1 saturated heterocycles. The molecular weight excluding hydrogens is 494 g/mol. The van der Waals surface area contributed by atoms with Gasteiger partial charge in [-0.1, -0.05) is 24.3 Å². The Morgan fingerprint density at radius 2 is 1.85 bits per heavy atom. The van der Waals surface area contributed by atoms with Crippen molar-refractivity contribution in [3.63, 3.8) is 0 Å². The molecule has 1 aromatic heterocycles. The zero-order chi connectivity index (χ0) is 26.6. The fourth-order valence-electron chi connectivity index (χ4n) is 5.56. The van der Waals surface area contributed by atoms with Crippen LogP contribution in [0, 0.1) is 0 Å². The molecule has 2 fully saturated rings. The number of ether oxygens (including phenoxy) is 3. The zero-order valence-electron chi connectivity index (χ0n) is 22.5. The molecule has 1 aliphatic carbocycles. The van der Waals surface area contributed by atoms with E-state index in [2.05, 4.69) is 42.9 Å². The minimum absolute atomic E-state index is 0.0500. The fourth-order valence-corrected chi connectivity index (χ4v) is 5.56. The molecule has 3 aliphatic rings. The predicted molar refractivity (Wildman–Crippen MR) is 146 cm³/mol. The number of hydrogen-bond acceptors (Lipinski definition) is 7. The molecule has 2 aliphatic heterocycles. The molecule has 4 bridgehead atoms. The maximum atomic E-state index is 13.3. The van der Waals surface area contributed by atoms with Gasteiger partial charge < -0.3 is 24.1 Å². The first-order chi connectivity index (χ1) is 19.1. The molecular formula is C30H37N5O4. The lowest BCUT2D eigenvalue weighted by Gasteiger charge is -2.25. The van der Waals surface area contributed by atoms with E-state index in [0.29, 0.717) is 25.8 Å². The van der Waals surface area contributed by atoms with E-state index >= 15 is 0 Å². The van der Waals surface area contributed by atoms with Crippen molar-refractivity contribution in [2.75, 3.05) is 33.4 Å². The molecule has 6 rings (SSSR count). The quantitative estimate of drug-likeness (QED) is 0.523. The Balaban J connectivity index is 1.22. The number of fused-ring (bicyclic) bond motifs is 5. The van der Waals surface area contributed by atoms with Crippen molar-refractivity contribution in [1.29, 1.82) is 0 Å². The van der Waals surface area contributed by atoms with Gasteiger partial charge in [0.05, 0.1) is 43.9 Å². The molecule has 0 spiro atoms. The number of rotatable bonds is 6. The van der Waals surface area contributed by atoms with E-state index in [9.17, 15) is 4.79 Å². The highest BCUT2D eigenvalue weighted by Gasteiger charge is 2.36. The first kappa shape index (κ1) is 26.0. The van der Waals surface area contributed by atoms with Gasteiger partial charge in [0.2, 0.25) is 5.91 Å². The van der Waals surface area contributed by atoms with Crippen molar-refractivity contribution in [3.8, 4) is 11.5 Å². The van der Waals surface area contributed by atoms with Crippen LogP contribution >= 0.6 is 0 Å². The van der Waals surface area contributed by atoms with Crippen LogP contribution in [0.4, 0.5) is 0 Å². The van der Waals surface area contributed by atoms with Crippen LogP contribution in [0.5, 0.6) is 11.5 Å². The summed E-state index contributed by atoms with van der Waals surface area (Å²) >= 11 is 0. The van der Waals surface area contributed by atoms with Gasteiger partial charge >= 0.3 is 0 Å².